The second-order valence-corrected chi connectivity index (χ2v) is 4.31. The van der Waals surface area contributed by atoms with Crippen molar-refractivity contribution in [3.8, 4) is 0 Å². The molecule has 3 nitrogen and oxygen atoms in total. The zero-order valence-corrected chi connectivity index (χ0v) is 9.57. The van der Waals surface area contributed by atoms with Crippen molar-refractivity contribution < 1.29 is 9.90 Å². The summed E-state index contributed by atoms with van der Waals surface area (Å²) in [5.74, 6) is -0.742. The van der Waals surface area contributed by atoms with Gasteiger partial charge >= 0.3 is 5.97 Å². The predicted molar refractivity (Wildman–Crippen MR) is 62.4 cm³/mol. The molecule has 0 radical (unpaired) electrons. The van der Waals surface area contributed by atoms with Crippen LogP contribution in [-0.4, -0.2) is 29.1 Å². The van der Waals surface area contributed by atoms with Gasteiger partial charge in [0.25, 0.3) is 0 Å². The van der Waals surface area contributed by atoms with Crippen LogP contribution in [0.4, 0.5) is 0 Å². The van der Waals surface area contributed by atoms with Crippen LogP contribution in [0.15, 0.2) is 18.2 Å². The largest absolute Gasteiger partial charge is 0.480 e. The first kappa shape index (κ1) is 11.1. The number of carboxylic acids is 1. The fourth-order valence-corrected chi connectivity index (χ4v) is 2.21. The molecular formula is C13H17NO2. The number of rotatable bonds is 3. The van der Waals surface area contributed by atoms with Crippen molar-refractivity contribution in [2.45, 2.75) is 26.3 Å². The van der Waals surface area contributed by atoms with Crippen LogP contribution in [0.1, 0.15) is 23.6 Å². The number of fused-ring (bicyclic) bond motifs is 1. The molecule has 1 aromatic rings. The summed E-state index contributed by atoms with van der Waals surface area (Å²) in [5, 5.41) is 8.75. The molecule has 1 aliphatic heterocycles. The quantitative estimate of drug-likeness (QED) is 0.841. The maximum Gasteiger partial charge on any atom is 0.317 e. The molecule has 2 rings (SSSR count). The number of aliphatic carboxylic acids is 1. The highest BCUT2D eigenvalue weighted by Gasteiger charge is 2.17. The topological polar surface area (TPSA) is 40.5 Å². The normalized spacial score (nSPS) is 15.8. The summed E-state index contributed by atoms with van der Waals surface area (Å²) in [6.07, 6.45) is 2.03. The van der Waals surface area contributed by atoms with Gasteiger partial charge in [-0.15, -0.1) is 0 Å². The van der Waals surface area contributed by atoms with Crippen LogP contribution in [0.25, 0.3) is 0 Å². The Morgan fingerprint density at radius 3 is 2.94 bits per heavy atom. The Balaban J connectivity index is 2.12. The Morgan fingerprint density at radius 2 is 2.25 bits per heavy atom. The Hall–Kier alpha value is -1.35. The SMILES string of the molecule is CCc1ccc2c(c1)CCN(CC(=O)O)C2. The lowest BCUT2D eigenvalue weighted by atomic mass is 9.96. The summed E-state index contributed by atoms with van der Waals surface area (Å²) in [5.41, 5.74) is 4.04. The minimum atomic E-state index is -0.742. The monoisotopic (exact) mass is 219 g/mol. The van der Waals surface area contributed by atoms with E-state index < -0.39 is 5.97 Å². The van der Waals surface area contributed by atoms with Gasteiger partial charge in [-0.1, -0.05) is 25.1 Å². The van der Waals surface area contributed by atoms with Crippen LogP contribution < -0.4 is 0 Å². The Morgan fingerprint density at radius 1 is 1.44 bits per heavy atom. The number of hydrogen-bond donors (Lipinski definition) is 1. The van der Waals surface area contributed by atoms with E-state index in [4.69, 9.17) is 5.11 Å². The molecule has 1 aliphatic rings. The summed E-state index contributed by atoms with van der Waals surface area (Å²) in [7, 11) is 0. The Kier molecular flexibility index (Phi) is 3.25. The second kappa shape index (κ2) is 4.66. The molecule has 0 aromatic heterocycles. The molecular weight excluding hydrogens is 202 g/mol. The summed E-state index contributed by atoms with van der Waals surface area (Å²) >= 11 is 0. The first-order valence-electron chi connectivity index (χ1n) is 5.74. The van der Waals surface area contributed by atoms with Gasteiger partial charge in [0.05, 0.1) is 6.54 Å². The summed E-state index contributed by atoms with van der Waals surface area (Å²) in [4.78, 5) is 12.6. The lowest BCUT2D eigenvalue weighted by Crippen LogP contribution is -2.34. The number of carbonyl (C=O) groups is 1. The molecule has 0 unspecified atom stereocenters. The highest BCUT2D eigenvalue weighted by molar-refractivity contribution is 5.69. The van der Waals surface area contributed by atoms with E-state index in [2.05, 4.69) is 25.1 Å². The van der Waals surface area contributed by atoms with Gasteiger partial charge in [-0.2, -0.15) is 0 Å². The van der Waals surface area contributed by atoms with E-state index in [1.165, 1.54) is 16.7 Å². The van der Waals surface area contributed by atoms with Crippen molar-refractivity contribution in [3.05, 3.63) is 34.9 Å². The van der Waals surface area contributed by atoms with Crippen molar-refractivity contribution in [1.82, 2.24) is 4.90 Å². The maximum absolute atomic E-state index is 10.6. The number of hydrogen-bond acceptors (Lipinski definition) is 2. The molecule has 1 N–H and O–H groups in total. The lowest BCUT2D eigenvalue weighted by Gasteiger charge is -2.27. The minimum absolute atomic E-state index is 0.148. The molecule has 0 spiro atoms. The first-order chi connectivity index (χ1) is 7.69. The highest BCUT2D eigenvalue weighted by Crippen LogP contribution is 2.20. The molecule has 1 aromatic carbocycles. The first-order valence-corrected chi connectivity index (χ1v) is 5.74. The third-order valence-corrected chi connectivity index (χ3v) is 3.13. The molecule has 1 heterocycles. The van der Waals surface area contributed by atoms with Gasteiger partial charge in [0.2, 0.25) is 0 Å². The van der Waals surface area contributed by atoms with Crippen LogP contribution in [0.2, 0.25) is 0 Å². The average Bonchev–Trinajstić information content (AvgIpc) is 2.27. The van der Waals surface area contributed by atoms with Crippen molar-refractivity contribution in [2.75, 3.05) is 13.1 Å². The number of nitrogens with zero attached hydrogens (tertiary/aromatic N) is 1. The lowest BCUT2D eigenvalue weighted by molar-refractivity contribution is -0.138. The third kappa shape index (κ3) is 2.42. The fourth-order valence-electron chi connectivity index (χ4n) is 2.21. The molecule has 0 saturated carbocycles. The predicted octanol–water partition coefficient (Wildman–Crippen LogP) is 1.69. The van der Waals surface area contributed by atoms with Gasteiger partial charge in [0.1, 0.15) is 0 Å². The zero-order valence-electron chi connectivity index (χ0n) is 9.57. The van der Waals surface area contributed by atoms with Gasteiger partial charge in [-0.25, -0.2) is 0 Å². The van der Waals surface area contributed by atoms with E-state index in [1.807, 2.05) is 4.90 Å². The van der Waals surface area contributed by atoms with Crippen molar-refractivity contribution >= 4 is 5.97 Å². The molecule has 0 amide bonds. The Bertz CT molecular complexity index is 401. The van der Waals surface area contributed by atoms with Crippen molar-refractivity contribution in [2.24, 2.45) is 0 Å². The van der Waals surface area contributed by atoms with E-state index in [9.17, 15) is 4.79 Å². The van der Waals surface area contributed by atoms with E-state index in [-0.39, 0.29) is 6.54 Å². The van der Waals surface area contributed by atoms with Crippen LogP contribution in [0, 0.1) is 0 Å². The second-order valence-electron chi connectivity index (χ2n) is 4.31. The molecule has 3 heteroatoms. The molecule has 0 saturated heterocycles. The van der Waals surface area contributed by atoms with Crippen LogP contribution >= 0.6 is 0 Å². The maximum atomic E-state index is 10.6. The third-order valence-electron chi connectivity index (χ3n) is 3.13. The Labute approximate surface area is 95.7 Å². The smallest absolute Gasteiger partial charge is 0.317 e. The molecule has 86 valence electrons. The van der Waals surface area contributed by atoms with Crippen LogP contribution in [0.5, 0.6) is 0 Å². The van der Waals surface area contributed by atoms with Crippen molar-refractivity contribution in [3.63, 3.8) is 0 Å². The number of benzene rings is 1. The van der Waals surface area contributed by atoms with Crippen LogP contribution in [0.3, 0.4) is 0 Å². The summed E-state index contributed by atoms with van der Waals surface area (Å²) < 4.78 is 0. The van der Waals surface area contributed by atoms with E-state index in [1.54, 1.807) is 0 Å². The average molecular weight is 219 g/mol. The molecule has 0 bridgehead atoms. The zero-order chi connectivity index (χ0) is 11.5. The molecule has 0 aliphatic carbocycles. The number of aryl methyl sites for hydroxylation is 1. The van der Waals surface area contributed by atoms with E-state index >= 15 is 0 Å². The fraction of sp³-hybridized carbons (Fsp3) is 0.462. The summed E-state index contributed by atoms with van der Waals surface area (Å²) in [6.45, 7) is 3.92. The van der Waals surface area contributed by atoms with Gasteiger partial charge < -0.3 is 5.11 Å². The summed E-state index contributed by atoms with van der Waals surface area (Å²) in [6, 6.07) is 6.54. The van der Waals surface area contributed by atoms with Gasteiger partial charge in [-0.05, 0) is 29.5 Å². The highest BCUT2D eigenvalue weighted by atomic mass is 16.4. The van der Waals surface area contributed by atoms with Gasteiger partial charge in [-0.3, -0.25) is 9.69 Å². The minimum Gasteiger partial charge on any atom is -0.480 e. The standard InChI is InChI=1S/C13H17NO2/c1-2-10-3-4-12-8-14(9-13(15)16)6-5-11(12)7-10/h3-4,7H,2,5-6,8-9H2,1H3,(H,15,16). The van der Waals surface area contributed by atoms with Crippen LogP contribution in [-0.2, 0) is 24.2 Å². The van der Waals surface area contributed by atoms with Crippen molar-refractivity contribution in [1.29, 1.82) is 0 Å². The van der Waals surface area contributed by atoms with E-state index in [0.717, 1.165) is 25.9 Å². The molecule has 16 heavy (non-hydrogen) atoms. The van der Waals surface area contributed by atoms with Gasteiger partial charge in [0, 0.05) is 13.1 Å². The van der Waals surface area contributed by atoms with E-state index in [0.29, 0.717) is 0 Å². The molecule has 0 atom stereocenters. The molecule has 0 fully saturated rings. The number of carboxylic acid groups (broad SMARTS) is 1. The van der Waals surface area contributed by atoms with Gasteiger partial charge in [0.15, 0.2) is 0 Å².